The number of carbonyl (C=O) groups is 2. The molecule has 1 aliphatic rings. The first-order valence-corrected chi connectivity index (χ1v) is 6.87. The van der Waals surface area contributed by atoms with Gasteiger partial charge in [-0.05, 0) is 12.1 Å². The van der Waals surface area contributed by atoms with Crippen molar-refractivity contribution in [2.24, 2.45) is 0 Å². The molecule has 108 valence electrons. The molecule has 2 rings (SSSR count). The molecule has 0 bridgehead atoms. The van der Waals surface area contributed by atoms with Gasteiger partial charge in [0.05, 0.1) is 18.1 Å². The molecule has 0 aliphatic carbocycles. The lowest BCUT2D eigenvalue weighted by Crippen LogP contribution is -2.56. The standard InChI is InChI=1S/C14H17ClN2O3/c1-10(18)16-7-6-14(19)17-8-11(9-17)20-13-5-3-2-4-12(13)15/h2-5,11H,6-9H2,1H3,(H,16,18). The Hall–Kier alpha value is -1.75. The van der Waals surface area contributed by atoms with Crippen LogP contribution in [0.15, 0.2) is 24.3 Å². The summed E-state index contributed by atoms with van der Waals surface area (Å²) < 4.78 is 5.71. The van der Waals surface area contributed by atoms with E-state index in [-0.39, 0.29) is 17.9 Å². The fourth-order valence-electron chi connectivity index (χ4n) is 1.94. The smallest absolute Gasteiger partial charge is 0.224 e. The highest BCUT2D eigenvalue weighted by atomic mass is 35.5. The zero-order valence-electron chi connectivity index (χ0n) is 11.3. The third kappa shape index (κ3) is 3.87. The zero-order valence-corrected chi connectivity index (χ0v) is 12.0. The number of para-hydroxylation sites is 1. The van der Waals surface area contributed by atoms with Crippen LogP contribution in [0.4, 0.5) is 0 Å². The Kier molecular flexibility index (Phi) is 4.84. The molecule has 0 saturated carbocycles. The lowest BCUT2D eigenvalue weighted by atomic mass is 10.1. The Morgan fingerprint density at radius 1 is 1.40 bits per heavy atom. The minimum atomic E-state index is -0.124. The second-order valence-corrected chi connectivity index (χ2v) is 5.11. The maximum absolute atomic E-state index is 11.8. The maximum Gasteiger partial charge on any atom is 0.224 e. The summed E-state index contributed by atoms with van der Waals surface area (Å²) in [6.07, 6.45) is 0.304. The van der Waals surface area contributed by atoms with Gasteiger partial charge in [-0.3, -0.25) is 9.59 Å². The summed E-state index contributed by atoms with van der Waals surface area (Å²) in [6, 6.07) is 7.28. The Morgan fingerprint density at radius 3 is 2.75 bits per heavy atom. The van der Waals surface area contributed by atoms with E-state index in [9.17, 15) is 9.59 Å². The van der Waals surface area contributed by atoms with E-state index >= 15 is 0 Å². The normalized spacial score (nSPS) is 14.6. The van der Waals surface area contributed by atoms with Crippen molar-refractivity contribution in [3.8, 4) is 5.75 Å². The second kappa shape index (κ2) is 6.61. The molecule has 0 unspecified atom stereocenters. The average molecular weight is 297 g/mol. The summed E-state index contributed by atoms with van der Waals surface area (Å²) in [5.41, 5.74) is 0. The SMILES string of the molecule is CC(=O)NCCC(=O)N1CC(Oc2ccccc2Cl)C1. The quantitative estimate of drug-likeness (QED) is 0.895. The highest BCUT2D eigenvalue weighted by Crippen LogP contribution is 2.26. The lowest BCUT2D eigenvalue weighted by Gasteiger charge is -2.39. The van der Waals surface area contributed by atoms with E-state index in [1.54, 1.807) is 11.0 Å². The molecular weight excluding hydrogens is 280 g/mol. The molecule has 1 aliphatic heterocycles. The molecule has 2 amide bonds. The summed E-state index contributed by atoms with van der Waals surface area (Å²) in [7, 11) is 0. The van der Waals surface area contributed by atoms with Crippen molar-refractivity contribution >= 4 is 23.4 Å². The van der Waals surface area contributed by atoms with Gasteiger partial charge in [0, 0.05) is 19.9 Å². The molecule has 1 N–H and O–H groups in total. The topological polar surface area (TPSA) is 58.6 Å². The van der Waals surface area contributed by atoms with Gasteiger partial charge in [0.15, 0.2) is 0 Å². The van der Waals surface area contributed by atoms with Gasteiger partial charge < -0.3 is 15.0 Å². The van der Waals surface area contributed by atoms with Crippen molar-refractivity contribution in [3.63, 3.8) is 0 Å². The first kappa shape index (κ1) is 14.7. The van der Waals surface area contributed by atoms with Crippen LogP contribution in [0.2, 0.25) is 5.02 Å². The Morgan fingerprint density at radius 2 is 2.10 bits per heavy atom. The monoisotopic (exact) mass is 296 g/mol. The third-order valence-corrected chi connectivity index (χ3v) is 3.36. The van der Waals surface area contributed by atoms with Crippen LogP contribution < -0.4 is 10.1 Å². The number of carbonyl (C=O) groups excluding carboxylic acids is 2. The second-order valence-electron chi connectivity index (χ2n) is 4.70. The lowest BCUT2D eigenvalue weighted by molar-refractivity contribution is -0.139. The van der Waals surface area contributed by atoms with E-state index in [0.29, 0.717) is 36.8 Å². The number of likely N-dealkylation sites (tertiary alicyclic amines) is 1. The van der Waals surface area contributed by atoms with Gasteiger partial charge in [-0.15, -0.1) is 0 Å². The molecule has 1 aromatic rings. The van der Waals surface area contributed by atoms with E-state index in [4.69, 9.17) is 16.3 Å². The summed E-state index contributed by atoms with van der Waals surface area (Å²) >= 11 is 6.00. The highest BCUT2D eigenvalue weighted by Gasteiger charge is 2.32. The van der Waals surface area contributed by atoms with E-state index in [1.165, 1.54) is 6.92 Å². The van der Waals surface area contributed by atoms with Crippen LogP contribution >= 0.6 is 11.6 Å². The van der Waals surface area contributed by atoms with E-state index in [0.717, 1.165) is 0 Å². The van der Waals surface area contributed by atoms with E-state index < -0.39 is 0 Å². The number of hydrogen-bond donors (Lipinski definition) is 1. The van der Waals surface area contributed by atoms with E-state index in [1.807, 2.05) is 18.2 Å². The molecule has 0 atom stereocenters. The molecule has 0 spiro atoms. The third-order valence-electron chi connectivity index (χ3n) is 3.04. The molecule has 1 saturated heterocycles. The van der Waals surface area contributed by atoms with Crippen molar-refractivity contribution in [1.29, 1.82) is 0 Å². The number of nitrogens with zero attached hydrogens (tertiary/aromatic N) is 1. The van der Waals surface area contributed by atoms with Crippen LogP contribution in [-0.4, -0.2) is 42.5 Å². The van der Waals surface area contributed by atoms with Gasteiger partial charge in [-0.25, -0.2) is 0 Å². The molecular formula is C14H17ClN2O3. The van der Waals surface area contributed by atoms with Gasteiger partial charge in [-0.1, -0.05) is 23.7 Å². The van der Waals surface area contributed by atoms with Crippen molar-refractivity contribution in [2.45, 2.75) is 19.4 Å². The zero-order chi connectivity index (χ0) is 14.5. The first-order valence-electron chi connectivity index (χ1n) is 6.49. The van der Waals surface area contributed by atoms with Gasteiger partial charge in [0.2, 0.25) is 11.8 Å². The number of ether oxygens (including phenoxy) is 1. The van der Waals surface area contributed by atoms with Crippen LogP contribution in [0, 0.1) is 0 Å². The van der Waals surface area contributed by atoms with Crippen LogP contribution in [0.1, 0.15) is 13.3 Å². The highest BCUT2D eigenvalue weighted by molar-refractivity contribution is 6.32. The fourth-order valence-corrected chi connectivity index (χ4v) is 2.12. The summed E-state index contributed by atoms with van der Waals surface area (Å²) in [4.78, 5) is 24.2. The molecule has 5 nitrogen and oxygen atoms in total. The Balaban J connectivity index is 1.70. The van der Waals surface area contributed by atoms with Crippen molar-refractivity contribution in [1.82, 2.24) is 10.2 Å². The minimum absolute atomic E-state index is 0.0142. The van der Waals surface area contributed by atoms with Crippen molar-refractivity contribution in [3.05, 3.63) is 29.3 Å². The fraction of sp³-hybridized carbons (Fsp3) is 0.429. The predicted molar refractivity (Wildman–Crippen MR) is 75.7 cm³/mol. The van der Waals surface area contributed by atoms with Crippen molar-refractivity contribution < 1.29 is 14.3 Å². The number of rotatable bonds is 5. The summed E-state index contributed by atoms with van der Waals surface area (Å²) in [5, 5.41) is 3.18. The largest absolute Gasteiger partial charge is 0.485 e. The minimum Gasteiger partial charge on any atom is -0.485 e. The molecule has 0 radical (unpaired) electrons. The van der Waals surface area contributed by atoms with E-state index in [2.05, 4.69) is 5.32 Å². The van der Waals surface area contributed by atoms with Crippen LogP contribution in [0.5, 0.6) is 5.75 Å². The molecule has 1 fully saturated rings. The summed E-state index contributed by atoms with van der Waals surface area (Å²) in [6.45, 7) is 2.93. The van der Waals surface area contributed by atoms with Gasteiger partial charge in [-0.2, -0.15) is 0 Å². The number of nitrogens with one attached hydrogen (secondary N) is 1. The van der Waals surface area contributed by atoms with Crippen LogP contribution in [0.25, 0.3) is 0 Å². The van der Waals surface area contributed by atoms with Gasteiger partial charge in [0.1, 0.15) is 11.9 Å². The average Bonchev–Trinajstić information content (AvgIpc) is 2.34. The van der Waals surface area contributed by atoms with Crippen molar-refractivity contribution in [2.75, 3.05) is 19.6 Å². The number of hydrogen-bond acceptors (Lipinski definition) is 3. The van der Waals surface area contributed by atoms with Gasteiger partial charge in [0.25, 0.3) is 0 Å². The molecule has 20 heavy (non-hydrogen) atoms. The Bertz CT molecular complexity index is 501. The first-order chi connectivity index (χ1) is 9.56. The van der Waals surface area contributed by atoms with Crippen LogP contribution in [0.3, 0.4) is 0 Å². The van der Waals surface area contributed by atoms with Gasteiger partial charge >= 0.3 is 0 Å². The molecule has 0 aromatic heterocycles. The predicted octanol–water partition coefficient (Wildman–Crippen LogP) is 1.46. The number of benzene rings is 1. The summed E-state index contributed by atoms with van der Waals surface area (Å²) in [5.74, 6) is 0.545. The Labute approximate surface area is 122 Å². The molecule has 1 heterocycles. The molecule has 6 heteroatoms. The number of halogens is 1. The maximum atomic E-state index is 11.8. The molecule has 1 aromatic carbocycles. The van der Waals surface area contributed by atoms with Crippen LogP contribution in [-0.2, 0) is 9.59 Å². The number of amides is 2.